The Morgan fingerprint density at radius 2 is 2.10 bits per heavy atom. The van der Waals surface area contributed by atoms with E-state index in [2.05, 4.69) is 36.2 Å². The predicted molar refractivity (Wildman–Crippen MR) is 118 cm³/mol. The van der Waals surface area contributed by atoms with Crippen LogP contribution in [0.3, 0.4) is 0 Å². The van der Waals surface area contributed by atoms with E-state index in [9.17, 15) is 4.79 Å². The lowest BCUT2D eigenvalue weighted by Gasteiger charge is -2.33. The molecule has 0 spiro atoms. The Balaban J connectivity index is 1.76. The van der Waals surface area contributed by atoms with Crippen LogP contribution in [0.1, 0.15) is 50.9 Å². The van der Waals surface area contributed by atoms with Gasteiger partial charge < -0.3 is 15.8 Å². The van der Waals surface area contributed by atoms with Gasteiger partial charge in [-0.3, -0.25) is 4.79 Å². The number of nitrogens with zero attached hydrogens (tertiary/aromatic N) is 3. The van der Waals surface area contributed by atoms with Crippen LogP contribution < -0.4 is 15.8 Å². The second-order valence-corrected chi connectivity index (χ2v) is 8.67. The summed E-state index contributed by atoms with van der Waals surface area (Å²) in [4.78, 5) is 16.5. The highest BCUT2D eigenvalue weighted by molar-refractivity contribution is 6.02. The summed E-state index contributed by atoms with van der Waals surface area (Å²) in [5, 5.41) is 8.06. The molecule has 0 aliphatic heterocycles. The standard InChI is InChI=1S/C23H29N5O2/c1-5-30-20-9-7-15(11-25-20)16-10-18-21(17(22(24)29)12-26-28(18)13-16)27-19-8-6-14(2)23(19,3)4/h7,9-14,19,27H,5-6,8H2,1-4H3,(H2,24,29)/t14?,19-/m1/s1. The van der Waals surface area contributed by atoms with Crippen molar-refractivity contribution in [2.75, 3.05) is 11.9 Å². The van der Waals surface area contributed by atoms with Crippen molar-refractivity contribution in [2.45, 2.75) is 46.6 Å². The molecule has 1 saturated carbocycles. The minimum Gasteiger partial charge on any atom is -0.478 e. The summed E-state index contributed by atoms with van der Waals surface area (Å²) in [5.41, 5.74) is 9.69. The van der Waals surface area contributed by atoms with Gasteiger partial charge in [0, 0.05) is 35.6 Å². The molecular weight excluding hydrogens is 378 g/mol. The smallest absolute Gasteiger partial charge is 0.252 e. The molecule has 1 fully saturated rings. The molecule has 1 aliphatic rings. The molecule has 1 amide bonds. The van der Waals surface area contributed by atoms with Crippen LogP contribution in [0.5, 0.6) is 5.88 Å². The van der Waals surface area contributed by atoms with Gasteiger partial charge in [-0.1, -0.05) is 20.8 Å². The quantitative estimate of drug-likeness (QED) is 0.641. The van der Waals surface area contributed by atoms with Crippen LogP contribution in [0.25, 0.3) is 16.6 Å². The van der Waals surface area contributed by atoms with Gasteiger partial charge in [-0.25, -0.2) is 9.50 Å². The number of hydrogen-bond donors (Lipinski definition) is 2. The first-order chi connectivity index (χ1) is 14.3. The number of aromatic nitrogens is 3. The second kappa shape index (κ2) is 7.63. The number of amides is 1. The van der Waals surface area contributed by atoms with E-state index in [0.29, 0.717) is 24.0 Å². The van der Waals surface area contributed by atoms with E-state index >= 15 is 0 Å². The molecule has 1 aliphatic carbocycles. The van der Waals surface area contributed by atoms with E-state index in [1.807, 2.05) is 31.3 Å². The van der Waals surface area contributed by atoms with Crippen molar-refractivity contribution >= 4 is 17.1 Å². The fraction of sp³-hybridized carbons (Fsp3) is 0.435. The van der Waals surface area contributed by atoms with Gasteiger partial charge >= 0.3 is 0 Å². The van der Waals surface area contributed by atoms with Crippen LogP contribution in [0.4, 0.5) is 5.69 Å². The number of primary amides is 1. The van der Waals surface area contributed by atoms with E-state index in [4.69, 9.17) is 10.5 Å². The molecule has 3 heterocycles. The van der Waals surface area contributed by atoms with Gasteiger partial charge in [-0.15, -0.1) is 0 Å². The van der Waals surface area contributed by atoms with Crippen molar-refractivity contribution in [3.05, 3.63) is 42.4 Å². The van der Waals surface area contributed by atoms with Gasteiger partial charge in [0.15, 0.2) is 0 Å². The number of fused-ring (bicyclic) bond motifs is 1. The van der Waals surface area contributed by atoms with Crippen molar-refractivity contribution in [1.82, 2.24) is 14.6 Å². The highest BCUT2D eigenvalue weighted by Gasteiger charge is 2.41. The number of carbonyl (C=O) groups excluding carboxylic acids is 1. The first-order valence-electron chi connectivity index (χ1n) is 10.5. The zero-order valence-electron chi connectivity index (χ0n) is 18.0. The maximum absolute atomic E-state index is 12.1. The first-order valence-corrected chi connectivity index (χ1v) is 10.5. The summed E-state index contributed by atoms with van der Waals surface area (Å²) < 4.78 is 7.21. The molecule has 158 valence electrons. The Hall–Kier alpha value is -3.09. The molecule has 4 rings (SSSR count). The van der Waals surface area contributed by atoms with Gasteiger partial charge in [0.2, 0.25) is 5.88 Å². The fourth-order valence-corrected chi connectivity index (χ4v) is 4.27. The molecule has 0 bridgehead atoms. The minimum atomic E-state index is -0.484. The monoisotopic (exact) mass is 407 g/mol. The molecule has 7 nitrogen and oxygen atoms in total. The average Bonchev–Trinajstić information content (AvgIpc) is 3.25. The lowest BCUT2D eigenvalue weighted by molar-refractivity contribution is 0.100. The maximum atomic E-state index is 12.1. The zero-order chi connectivity index (χ0) is 21.5. The summed E-state index contributed by atoms with van der Waals surface area (Å²) in [6, 6.07) is 6.09. The van der Waals surface area contributed by atoms with Gasteiger partial charge in [0.05, 0.1) is 29.6 Å². The second-order valence-electron chi connectivity index (χ2n) is 8.67. The van der Waals surface area contributed by atoms with Gasteiger partial charge in [-0.2, -0.15) is 5.10 Å². The largest absolute Gasteiger partial charge is 0.478 e. The highest BCUT2D eigenvalue weighted by atomic mass is 16.5. The Morgan fingerprint density at radius 1 is 1.30 bits per heavy atom. The minimum absolute atomic E-state index is 0.115. The van der Waals surface area contributed by atoms with Crippen molar-refractivity contribution in [1.29, 1.82) is 0 Å². The van der Waals surface area contributed by atoms with Gasteiger partial charge in [0.25, 0.3) is 5.91 Å². The van der Waals surface area contributed by atoms with Crippen LogP contribution in [0, 0.1) is 11.3 Å². The third-order valence-corrected chi connectivity index (χ3v) is 6.64. The van der Waals surface area contributed by atoms with Gasteiger partial charge in [-0.05, 0) is 43.2 Å². The summed E-state index contributed by atoms with van der Waals surface area (Å²) in [5.74, 6) is 0.711. The topological polar surface area (TPSA) is 94.5 Å². The number of anilines is 1. The molecule has 0 saturated heterocycles. The fourth-order valence-electron chi connectivity index (χ4n) is 4.27. The van der Waals surface area contributed by atoms with Gasteiger partial charge in [0.1, 0.15) is 0 Å². The first kappa shape index (κ1) is 20.2. The number of ether oxygens (including phenoxy) is 1. The Bertz CT molecular complexity index is 1070. The number of pyridine rings is 1. The van der Waals surface area contributed by atoms with E-state index in [0.717, 1.165) is 35.2 Å². The van der Waals surface area contributed by atoms with Crippen molar-refractivity contribution < 1.29 is 9.53 Å². The molecule has 3 N–H and O–H groups in total. The summed E-state index contributed by atoms with van der Waals surface area (Å²) in [7, 11) is 0. The van der Waals surface area contributed by atoms with Crippen molar-refractivity contribution in [2.24, 2.45) is 17.1 Å². The SMILES string of the molecule is CCOc1ccc(-c2cc3c(N[C@@H]4CCC(C)C4(C)C)c(C(N)=O)cnn3c2)cn1. The molecular formula is C23H29N5O2. The van der Waals surface area contributed by atoms with E-state index < -0.39 is 5.91 Å². The Kier molecular flexibility index (Phi) is 5.13. The third kappa shape index (κ3) is 3.49. The van der Waals surface area contributed by atoms with E-state index in [-0.39, 0.29) is 11.5 Å². The summed E-state index contributed by atoms with van der Waals surface area (Å²) >= 11 is 0. The van der Waals surface area contributed by atoms with Crippen LogP contribution in [0.2, 0.25) is 0 Å². The van der Waals surface area contributed by atoms with Crippen LogP contribution in [0.15, 0.2) is 36.8 Å². The zero-order valence-corrected chi connectivity index (χ0v) is 18.0. The molecule has 30 heavy (non-hydrogen) atoms. The lowest BCUT2D eigenvalue weighted by atomic mass is 9.80. The van der Waals surface area contributed by atoms with Crippen LogP contribution >= 0.6 is 0 Å². The number of carbonyl (C=O) groups is 1. The third-order valence-electron chi connectivity index (χ3n) is 6.64. The average molecular weight is 408 g/mol. The maximum Gasteiger partial charge on any atom is 0.252 e. The lowest BCUT2D eigenvalue weighted by Crippen LogP contribution is -2.35. The number of nitrogens with one attached hydrogen (secondary N) is 1. The molecule has 2 atom stereocenters. The number of rotatable bonds is 6. The van der Waals surface area contributed by atoms with Crippen molar-refractivity contribution in [3.63, 3.8) is 0 Å². The number of hydrogen-bond acceptors (Lipinski definition) is 5. The molecule has 0 aromatic carbocycles. The normalized spacial score (nSPS) is 20.4. The Morgan fingerprint density at radius 3 is 2.70 bits per heavy atom. The molecule has 3 aromatic heterocycles. The van der Waals surface area contributed by atoms with E-state index in [1.165, 1.54) is 0 Å². The molecule has 1 unspecified atom stereocenters. The highest BCUT2D eigenvalue weighted by Crippen LogP contribution is 2.44. The molecule has 0 radical (unpaired) electrons. The summed E-state index contributed by atoms with van der Waals surface area (Å²) in [6.45, 7) is 9.35. The van der Waals surface area contributed by atoms with Crippen LogP contribution in [-0.2, 0) is 0 Å². The molecule has 3 aromatic rings. The van der Waals surface area contributed by atoms with Crippen molar-refractivity contribution in [3.8, 4) is 17.0 Å². The summed E-state index contributed by atoms with van der Waals surface area (Å²) in [6.07, 6.45) is 7.47. The molecule has 7 heteroatoms. The Labute approximate surface area is 176 Å². The number of nitrogens with two attached hydrogens (primary N) is 1. The van der Waals surface area contributed by atoms with Crippen LogP contribution in [-0.4, -0.2) is 33.2 Å². The predicted octanol–water partition coefficient (Wildman–Crippen LogP) is 4.13. The van der Waals surface area contributed by atoms with E-state index in [1.54, 1.807) is 16.9 Å².